The molecule has 0 aliphatic carbocycles. The fourth-order valence-corrected chi connectivity index (χ4v) is 2.20. The van der Waals surface area contributed by atoms with Gasteiger partial charge in [0.1, 0.15) is 16.6 Å². The summed E-state index contributed by atoms with van der Waals surface area (Å²) in [6.45, 7) is 4.19. The van der Waals surface area contributed by atoms with Gasteiger partial charge in [0.2, 0.25) is 0 Å². The van der Waals surface area contributed by atoms with E-state index in [2.05, 4.69) is 20.3 Å². The maximum atomic E-state index is 11.5. The number of H-pyrrole nitrogens is 1. The molecule has 2 rings (SSSR count). The first-order valence-corrected chi connectivity index (χ1v) is 6.86. The zero-order valence-corrected chi connectivity index (χ0v) is 11.8. The Morgan fingerprint density at radius 2 is 2.25 bits per heavy atom. The highest BCUT2D eigenvalue weighted by molar-refractivity contribution is 7.09. The summed E-state index contributed by atoms with van der Waals surface area (Å²) in [5, 5.41) is 13.9. The van der Waals surface area contributed by atoms with Crippen molar-refractivity contribution in [2.45, 2.75) is 26.3 Å². The smallest absolute Gasteiger partial charge is 0.355 e. The van der Waals surface area contributed by atoms with Crippen molar-refractivity contribution >= 4 is 23.1 Å². The van der Waals surface area contributed by atoms with Crippen molar-refractivity contribution in [3.63, 3.8) is 0 Å². The standard InChI is InChI=1S/C12H14N4O3S/c1-6(2)11-15-8(3-9(17)16-11)13-4-10-14-7(5-20-10)12(18)19/h3,5-6H,4H2,1-2H3,(H,18,19)(H2,13,15,16,17). The lowest BCUT2D eigenvalue weighted by molar-refractivity contribution is 0.0691. The number of nitrogens with one attached hydrogen (secondary N) is 2. The van der Waals surface area contributed by atoms with E-state index in [1.54, 1.807) is 0 Å². The fraction of sp³-hybridized carbons (Fsp3) is 0.333. The second-order valence-corrected chi connectivity index (χ2v) is 5.40. The summed E-state index contributed by atoms with van der Waals surface area (Å²) >= 11 is 1.24. The summed E-state index contributed by atoms with van der Waals surface area (Å²) in [4.78, 5) is 33.1. The second kappa shape index (κ2) is 5.83. The number of rotatable bonds is 5. The van der Waals surface area contributed by atoms with Gasteiger partial charge in [-0.25, -0.2) is 14.8 Å². The van der Waals surface area contributed by atoms with Gasteiger partial charge in [-0.05, 0) is 0 Å². The zero-order valence-electron chi connectivity index (χ0n) is 11.0. The normalized spacial score (nSPS) is 10.8. The van der Waals surface area contributed by atoms with Crippen LogP contribution in [0, 0.1) is 0 Å². The van der Waals surface area contributed by atoms with E-state index in [1.165, 1.54) is 22.8 Å². The van der Waals surface area contributed by atoms with Gasteiger partial charge < -0.3 is 15.4 Å². The van der Waals surface area contributed by atoms with Gasteiger partial charge in [0.15, 0.2) is 5.69 Å². The number of carbonyl (C=O) groups is 1. The van der Waals surface area contributed by atoms with Crippen LogP contribution in [0.1, 0.15) is 41.1 Å². The predicted octanol–water partition coefficient (Wildman–Crippen LogP) is 1.66. The molecule has 0 amide bonds. The molecule has 2 aromatic heterocycles. The van der Waals surface area contributed by atoms with E-state index < -0.39 is 5.97 Å². The number of aromatic nitrogens is 3. The largest absolute Gasteiger partial charge is 0.476 e. The number of thiazole rings is 1. The van der Waals surface area contributed by atoms with Crippen molar-refractivity contribution < 1.29 is 9.90 Å². The maximum absolute atomic E-state index is 11.5. The maximum Gasteiger partial charge on any atom is 0.355 e. The zero-order chi connectivity index (χ0) is 14.7. The molecule has 7 nitrogen and oxygen atoms in total. The topological polar surface area (TPSA) is 108 Å². The highest BCUT2D eigenvalue weighted by Crippen LogP contribution is 2.13. The molecule has 0 saturated heterocycles. The van der Waals surface area contributed by atoms with Gasteiger partial charge in [-0.3, -0.25) is 4.79 Å². The van der Waals surface area contributed by atoms with Gasteiger partial charge in [-0.2, -0.15) is 0 Å². The van der Waals surface area contributed by atoms with Crippen LogP contribution in [-0.2, 0) is 6.54 Å². The molecule has 0 atom stereocenters. The number of aromatic carboxylic acids is 1. The molecule has 0 bridgehead atoms. The number of carboxylic acids is 1. The van der Waals surface area contributed by atoms with Crippen LogP contribution in [0.2, 0.25) is 0 Å². The number of aromatic amines is 1. The molecule has 0 aromatic carbocycles. The molecule has 2 aromatic rings. The van der Waals surface area contributed by atoms with Crippen LogP contribution in [0.3, 0.4) is 0 Å². The molecule has 0 saturated carbocycles. The van der Waals surface area contributed by atoms with Crippen LogP contribution in [0.25, 0.3) is 0 Å². The summed E-state index contributed by atoms with van der Waals surface area (Å²) in [6.07, 6.45) is 0. The molecule has 0 spiro atoms. The minimum absolute atomic E-state index is 0.0218. The van der Waals surface area contributed by atoms with E-state index in [1.807, 2.05) is 13.8 Å². The number of hydrogen-bond acceptors (Lipinski definition) is 6. The highest BCUT2D eigenvalue weighted by Gasteiger charge is 2.09. The lowest BCUT2D eigenvalue weighted by Gasteiger charge is -2.07. The summed E-state index contributed by atoms with van der Waals surface area (Å²) in [7, 11) is 0. The molecule has 2 heterocycles. The highest BCUT2D eigenvalue weighted by atomic mass is 32.1. The molecule has 0 aliphatic heterocycles. The van der Waals surface area contributed by atoms with Gasteiger partial charge in [-0.1, -0.05) is 13.8 Å². The van der Waals surface area contributed by atoms with Crippen LogP contribution in [0.5, 0.6) is 0 Å². The quantitative estimate of drug-likeness (QED) is 0.774. The fourth-order valence-electron chi connectivity index (χ4n) is 1.50. The summed E-state index contributed by atoms with van der Waals surface area (Å²) in [5.74, 6) is 0.113. The third kappa shape index (κ3) is 3.41. The van der Waals surface area contributed by atoms with Crippen molar-refractivity contribution in [2.24, 2.45) is 0 Å². The SMILES string of the molecule is CC(C)c1nc(NCc2nc(C(=O)O)cs2)cc(=O)[nH]1. The van der Waals surface area contributed by atoms with Crippen LogP contribution >= 0.6 is 11.3 Å². The van der Waals surface area contributed by atoms with Crippen LogP contribution in [-0.4, -0.2) is 26.0 Å². The molecule has 0 unspecified atom stereocenters. The number of hydrogen-bond donors (Lipinski definition) is 3. The monoisotopic (exact) mass is 294 g/mol. The molecule has 0 fully saturated rings. The summed E-state index contributed by atoms with van der Waals surface area (Å²) < 4.78 is 0. The minimum atomic E-state index is -1.05. The minimum Gasteiger partial charge on any atom is -0.476 e. The average molecular weight is 294 g/mol. The third-order valence-electron chi connectivity index (χ3n) is 2.50. The van der Waals surface area contributed by atoms with Crippen LogP contribution < -0.4 is 10.9 Å². The Labute approximate surface area is 118 Å². The van der Waals surface area contributed by atoms with Crippen molar-refractivity contribution in [1.29, 1.82) is 0 Å². The summed E-state index contributed by atoms with van der Waals surface area (Å²) in [6, 6.07) is 1.36. The molecule has 20 heavy (non-hydrogen) atoms. The number of anilines is 1. The molecular weight excluding hydrogens is 280 g/mol. The lowest BCUT2D eigenvalue weighted by atomic mass is 10.2. The first-order chi connectivity index (χ1) is 9.45. The van der Waals surface area contributed by atoms with Gasteiger partial charge >= 0.3 is 5.97 Å². The van der Waals surface area contributed by atoms with Crippen molar-refractivity contribution in [2.75, 3.05) is 5.32 Å². The van der Waals surface area contributed by atoms with Gasteiger partial charge in [-0.15, -0.1) is 11.3 Å². The van der Waals surface area contributed by atoms with E-state index in [0.717, 1.165) is 0 Å². The van der Waals surface area contributed by atoms with E-state index in [9.17, 15) is 9.59 Å². The van der Waals surface area contributed by atoms with Gasteiger partial charge in [0.05, 0.1) is 6.54 Å². The number of nitrogens with zero attached hydrogens (tertiary/aromatic N) is 2. The van der Waals surface area contributed by atoms with Crippen molar-refractivity contribution in [3.8, 4) is 0 Å². The predicted molar refractivity (Wildman–Crippen MR) is 75.3 cm³/mol. The van der Waals surface area contributed by atoms with E-state index in [0.29, 0.717) is 23.2 Å². The van der Waals surface area contributed by atoms with Crippen molar-refractivity contribution in [1.82, 2.24) is 15.0 Å². The molecule has 0 radical (unpaired) electrons. The molecule has 0 aliphatic rings. The Balaban J connectivity index is 2.10. The second-order valence-electron chi connectivity index (χ2n) is 4.46. The van der Waals surface area contributed by atoms with Crippen LogP contribution in [0.4, 0.5) is 5.82 Å². The Morgan fingerprint density at radius 1 is 1.50 bits per heavy atom. The Hall–Kier alpha value is -2.22. The number of carboxylic acid groups (broad SMARTS) is 1. The molecule has 8 heteroatoms. The molecule has 106 valence electrons. The van der Waals surface area contributed by atoms with E-state index in [4.69, 9.17) is 5.11 Å². The average Bonchev–Trinajstić information content (AvgIpc) is 2.84. The summed E-state index contributed by atoms with van der Waals surface area (Å²) in [5.41, 5.74) is -0.204. The third-order valence-corrected chi connectivity index (χ3v) is 3.35. The Bertz CT molecular complexity index is 677. The van der Waals surface area contributed by atoms with Gasteiger partial charge in [0, 0.05) is 17.4 Å². The van der Waals surface area contributed by atoms with Crippen molar-refractivity contribution in [3.05, 3.63) is 38.3 Å². The van der Waals surface area contributed by atoms with Crippen LogP contribution in [0.15, 0.2) is 16.2 Å². The molecular formula is C12H14N4O3S. The Kier molecular flexibility index (Phi) is 4.14. The Morgan fingerprint density at radius 3 is 2.85 bits per heavy atom. The van der Waals surface area contributed by atoms with E-state index >= 15 is 0 Å². The lowest BCUT2D eigenvalue weighted by Crippen LogP contribution is -2.14. The van der Waals surface area contributed by atoms with Gasteiger partial charge in [0.25, 0.3) is 5.56 Å². The first kappa shape index (κ1) is 14.2. The van der Waals surface area contributed by atoms with E-state index in [-0.39, 0.29) is 17.2 Å². The molecule has 3 N–H and O–H groups in total. The first-order valence-electron chi connectivity index (χ1n) is 5.98.